The Labute approximate surface area is 194 Å². The van der Waals surface area contributed by atoms with Crippen LogP contribution in [0.25, 0.3) is 11.3 Å². The molecule has 3 aromatic rings. The summed E-state index contributed by atoms with van der Waals surface area (Å²) in [6.07, 6.45) is 1.16. The van der Waals surface area contributed by atoms with Gasteiger partial charge in [-0.3, -0.25) is 14.9 Å². The lowest BCUT2D eigenvalue weighted by molar-refractivity contribution is -0.116. The van der Waals surface area contributed by atoms with E-state index in [2.05, 4.69) is 16.0 Å². The van der Waals surface area contributed by atoms with Crippen LogP contribution in [0.4, 0.5) is 11.4 Å². The number of halogens is 2. The summed E-state index contributed by atoms with van der Waals surface area (Å²) >= 11 is 17.4. The first kappa shape index (κ1) is 22.8. The average molecular weight is 476 g/mol. The van der Waals surface area contributed by atoms with E-state index in [-0.39, 0.29) is 16.8 Å². The Morgan fingerprint density at radius 3 is 2.58 bits per heavy atom. The summed E-state index contributed by atoms with van der Waals surface area (Å²) in [5, 5.41) is 9.16. The topological polar surface area (TPSA) is 83.4 Å². The van der Waals surface area contributed by atoms with Crippen LogP contribution in [0, 0.1) is 0 Å². The second kappa shape index (κ2) is 10.4. The molecule has 3 rings (SSSR count). The third kappa shape index (κ3) is 6.30. The van der Waals surface area contributed by atoms with Gasteiger partial charge in [0.2, 0.25) is 5.91 Å². The van der Waals surface area contributed by atoms with Crippen molar-refractivity contribution in [3.63, 3.8) is 0 Å². The maximum absolute atomic E-state index is 12.5. The number of anilines is 2. The highest BCUT2D eigenvalue weighted by Crippen LogP contribution is 2.26. The van der Waals surface area contributed by atoms with Crippen molar-refractivity contribution in [3.8, 4) is 11.3 Å². The summed E-state index contributed by atoms with van der Waals surface area (Å²) in [6.45, 7) is 1.92. The van der Waals surface area contributed by atoms with Gasteiger partial charge in [0.05, 0.1) is 10.7 Å². The van der Waals surface area contributed by atoms with Crippen LogP contribution in [0.15, 0.2) is 59.0 Å². The molecule has 31 heavy (non-hydrogen) atoms. The maximum Gasteiger partial charge on any atom is 0.293 e. The lowest BCUT2D eigenvalue weighted by Gasteiger charge is -2.12. The molecule has 160 valence electrons. The molecule has 0 saturated heterocycles. The molecule has 6 nitrogen and oxygen atoms in total. The Bertz CT molecular complexity index is 1130. The van der Waals surface area contributed by atoms with Gasteiger partial charge >= 0.3 is 0 Å². The zero-order valence-electron chi connectivity index (χ0n) is 16.5. The van der Waals surface area contributed by atoms with Gasteiger partial charge in [-0.05, 0) is 61.1 Å². The number of benzene rings is 2. The molecule has 9 heteroatoms. The van der Waals surface area contributed by atoms with Crippen molar-refractivity contribution in [3.05, 3.63) is 70.4 Å². The minimum atomic E-state index is -0.519. The molecule has 0 spiro atoms. The Hall–Kier alpha value is -2.87. The Morgan fingerprint density at radius 1 is 1.03 bits per heavy atom. The van der Waals surface area contributed by atoms with Crippen molar-refractivity contribution in [1.82, 2.24) is 5.32 Å². The number of hydrogen-bond acceptors (Lipinski definition) is 4. The predicted molar refractivity (Wildman–Crippen MR) is 128 cm³/mol. The summed E-state index contributed by atoms with van der Waals surface area (Å²) < 4.78 is 5.62. The summed E-state index contributed by atoms with van der Waals surface area (Å²) in [5.41, 5.74) is 1.76. The lowest BCUT2D eigenvalue weighted by Crippen LogP contribution is -2.34. The van der Waals surface area contributed by atoms with Crippen molar-refractivity contribution < 1.29 is 14.0 Å². The number of hydrogen-bond donors (Lipinski definition) is 3. The van der Waals surface area contributed by atoms with E-state index in [4.69, 9.17) is 39.8 Å². The largest absolute Gasteiger partial charge is 0.451 e. The van der Waals surface area contributed by atoms with Crippen LogP contribution < -0.4 is 16.0 Å². The van der Waals surface area contributed by atoms with Crippen LogP contribution in [0.1, 0.15) is 30.3 Å². The third-order valence-corrected chi connectivity index (χ3v) is 4.91. The maximum atomic E-state index is 12.5. The van der Waals surface area contributed by atoms with Crippen molar-refractivity contribution >= 4 is 63.7 Å². The van der Waals surface area contributed by atoms with Gasteiger partial charge in [0.1, 0.15) is 5.76 Å². The first-order valence-corrected chi connectivity index (χ1v) is 10.6. The monoisotopic (exact) mass is 475 g/mol. The van der Waals surface area contributed by atoms with Crippen LogP contribution in [-0.2, 0) is 4.79 Å². The summed E-state index contributed by atoms with van der Waals surface area (Å²) in [4.78, 5) is 24.3. The SMILES string of the molecule is CCCC(=O)Nc1ccc(Cl)c(NC(=S)NC(=O)c2ccc(-c3cccc(Cl)c3)o2)c1. The fourth-order valence-corrected chi connectivity index (χ4v) is 3.28. The molecule has 0 fully saturated rings. The lowest BCUT2D eigenvalue weighted by atomic mass is 10.2. The van der Waals surface area contributed by atoms with Crippen molar-refractivity contribution in [2.24, 2.45) is 0 Å². The molecule has 0 unspecified atom stereocenters. The summed E-state index contributed by atoms with van der Waals surface area (Å²) in [6, 6.07) is 15.3. The van der Waals surface area contributed by atoms with Crippen LogP contribution in [0.3, 0.4) is 0 Å². The highest BCUT2D eigenvalue weighted by molar-refractivity contribution is 7.80. The average Bonchev–Trinajstić information content (AvgIpc) is 3.21. The van der Waals surface area contributed by atoms with Crippen molar-refractivity contribution in [1.29, 1.82) is 0 Å². The minimum absolute atomic E-state index is 0.0321. The zero-order chi connectivity index (χ0) is 22.4. The highest BCUT2D eigenvalue weighted by atomic mass is 35.5. The van der Waals surface area contributed by atoms with Gasteiger partial charge in [-0.15, -0.1) is 0 Å². The van der Waals surface area contributed by atoms with Crippen LogP contribution in [-0.4, -0.2) is 16.9 Å². The first-order chi connectivity index (χ1) is 14.9. The Balaban J connectivity index is 1.64. The van der Waals surface area contributed by atoms with Crippen molar-refractivity contribution in [2.45, 2.75) is 19.8 Å². The molecule has 1 aromatic heterocycles. The molecule has 0 aliphatic carbocycles. The van der Waals surface area contributed by atoms with Gasteiger partial charge in [0.25, 0.3) is 5.91 Å². The summed E-state index contributed by atoms with van der Waals surface area (Å²) in [7, 11) is 0. The molecular formula is C22H19Cl2N3O3S. The molecule has 2 amide bonds. The molecule has 0 radical (unpaired) electrons. The Kier molecular flexibility index (Phi) is 7.68. The molecule has 3 N–H and O–H groups in total. The van der Waals surface area contributed by atoms with Crippen molar-refractivity contribution in [2.75, 3.05) is 10.6 Å². The number of rotatable bonds is 6. The first-order valence-electron chi connectivity index (χ1n) is 9.43. The Morgan fingerprint density at radius 2 is 1.84 bits per heavy atom. The number of carbonyl (C=O) groups is 2. The van der Waals surface area contributed by atoms with E-state index in [9.17, 15) is 9.59 Å². The van der Waals surface area contributed by atoms with Crippen LogP contribution >= 0.6 is 35.4 Å². The number of carbonyl (C=O) groups excluding carboxylic acids is 2. The van der Waals surface area contributed by atoms with Gasteiger partial charge in [0, 0.05) is 22.7 Å². The van der Waals surface area contributed by atoms with E-state index < -0.39 is 5.91 Å². The zero-order valence-corrected chi connectivity index (χ0v) is 18.8. The number of furan rings is 1. The van der Waals surface area contributed by atoms with Crippen LogP contribution in [0.2, 0.25) is 10.0 Å². The fraction of sp³-hybridized carbons (Fsp3) is 0.136. The smallest absolute Gasteiger partial charge is 0.293 e. The molecular weight excluding hydrogens is 457 g/mol. The van der Waals surface area contributed by atoms with Crippen LogP contribution in [0.5, 0.6) is 0 Å². The molecule has 0 aliphatic rings. The van der Waals surface area contributed by atoms with E-state index in [1.165, 1.54) is 0 Å². The highest BCUT2D eigenvalue weighted by Gasteiger charge is 2.15. The quantitative estimate of drug-likeness (QED) is 0.374. The van der Waals surface area contributed by atoms with Gasteiger partial charge in [0.15, 0.2) is 10.9 Å². The van der Waals surface area contributed by atoms with E-state index in [1.54, 1.807) is 48.5 Å². The van der Waals surface area contributed by atoms with E-state index in [0.717, 1.165) is 12.0 Å². The minimum Gasteiger partial charge on any atom is -0.451 e. The van der Waals surface area contributed by atoms with E-state index in [0.29, 0.717) is 33.6 Å². The molecule has 2 aromatic carbocycles. The number of thiocarbonyl (C=S) groups is 1. The molecule has 1 heterocycles. The van der Waals surface area contributed by atoms with Gasteiger partial charge < -0.3 is 15.1 Å². The summed E-state index contributed by atoms with van der Waals surface area (Å²) in [5.74, 6) is -0.0230. The number of nitrogens with one attached hydrogen (secondary N) is 3. The second-order valence-electron chi connectivity index (χ2n) is 6.58. The predicted octanol–water partition coefficient (Wildman–Crippen LogP) is 6.12. The van der Waals surface area contributed by atoms with Gasteiger partial charge in [-0.25, -0.2) is 0 Å². The fourth-order valence-electron chi connectivity index (χ4n) is 2.72. The molecule has 0 saturated carbocycles. The number of amides is 2. The van der Waals surface area contributed by atoms with Gasteiger partial charge in [-0.1, -0.05) is 42.3 Å². The van der Waals surface area contributed by atoms with E-state index in [1.807, 2.05) is 13.0 Å². The van der Waals surface area contributed by atoms with E-state index >= 15 is 0 Å². The standard InChI is InChI=1S/C22H19Cl2N3O3S/c1-2-4-20(28)25-15-7-8-16(24)17(12-15)26-22(31)27-21(29)19-10-9-18(30-19)13-5-3-6-14(23)11-13/h3,5-12H,2,4H2,1H3,(H,25,28)(H2,26,27,29,31). The molecule has 0 aliphatic heterocycles. The third-order valence-electron chi connectivity index (χ3n) is 4.14. The second-order valence-corrected chi connectivity index (χ2v) is 7.83. The normalized spacial score (nSPS) is 10.4. The van der Waals surface area contributed by atoms with Gasteiger partial charge in [-0.2, -0.15) is 0 Å². The molecule has 0 atom stereocenters. The molecule has 0 bridgehead atoms.